The molecule has 156 valence electrons. The summed E-state index contributed by atoms with van der Waals surface area (Å²) < 4.78 is 0. The van der Waals surface area contributed by atoms with Crippen molar-refractivity contribution >= 4 is 23.4 Å². The van der Waals surface area contributed by atoms with E-state index < -0.39 is 0 Å². The highest BCUT2D eigenvalue weighted by molar-refractivity contribution is 5.95. The molecule has 29 heavy (non-hydrogen) atoms. The number of carbonyl (C=O) groups is 3. The summed E-state index contributed by atoms with van der Waals surface area (Å²) in [5.74, 6) is 0.522. The summed E-state index contributed by atoms with van der Waals surface area (Å²) >= 11 is 0. The Balaban J connectivity index is 1.23. The summed E-state index contributed by atoms with van der Waals surface area (Å²) in [7, 11) is 0. The van der Waals surface area contributed by atoms with Gasteiger partial charge in [-0.05, 0) is 37.0 Å². The number of hydrogen-bond donors (Lipinski definition) is 0. The van der Waals surface area contributed by atoms with Crippen LogP contribution in [0.25, 0.3) is 0 Å². The van der Waals surface area contributed by atoms with Gasteiger partial charge in [-0.1, -0.05) is 12.1 Å². The van der Waals surface area contributed by atoms with E-state index in [1.165, 1.54) is 0 Å². The molecule has 3 aliphatic heterocycles. The molecule has 7 heteroatoms. The summed E-state index contributed by atoms with van der Waals surface area (Å²) in [5, 5.41) is 0. The Hall–Kier alpha value is -2.41. The first-order valence-corrected chi connectivity index (χ1v) is 10.8. The molecule has 0 bridgehead atoms. The monoisotopic (exact) mass is 398 g/mol. The number of rotatable bonds is 5. The number of amides is 3. The van der Waals surface area contributed by atoms with E-state index in [9.17, 15) is 14.4 Å². The maximum atomic E-state index is 12.7. The first-order valence-electron chi connectivity index (χ1n) is 10.8. The minimum atomic E-state index is 0.125. The topological polar surface area (TPSA) is 64.2 Å². The van der Waals surface area contributed by atoms with E-state index in [1.807, 2.05) is 39.0 Å². The second kappa shape index (κ2) is 8.95. The van der Waals surface area contributed by atoms with Crippen molar-refractivity contribution in [3.63, 3.8) is 0 Å². The summed E-state index contributed by atoms with van der Waals surface area (Å²) in [4.78, 5) is 44.6. The predicted molar refractivity (Wildman–Crippen MR) is 111 cm³/mol. The van der Waals surface area contributed by atoms with E-state index in [4.69, 9.17) is 0 Å². The molecule has 0 spiro atoms. The zero-order valence-corrected chi connectivity index (χ0v) is 17.0. The fraction of sp³-hybridized carbons (Fsp3) is 0.591. The number of likely N-dealkylation sites (tertiary alicyclic amines) is 1. The van der Waals surface area contributed by atoms with Crippen molar-refractivity contribution in [1.29, 1.82) is 0 Å². The van der Waals surface area contributed by atoms with Gasteiger partial charge in [0.2, 0.25) is 17.7 Å². The quantitative estimate of drug-likeness (QED) is 0.746. The molecule has 1 aromatic rings. The second-order valence-corrected chi connectivity index (χ2v) is 8.24. The van der Waals surface area contributed by atoms with Gasteiger partial charge in [-0.3, -0.25) is 19.3 Å². The Morgan fingerprint density at radius 2 is 1.41 bits per heavy atom. The van der Waals surface area contributed by atoms with E-state index in [0.29, 0.717) is 32.5 Å². The normalized spacial score (nSPS) is 20.6. The number of carbonyl (C=O) groups excluding carboxylic acids is 3. The van der Waals surface area contributed by atoms with Crippen molar-refractivity contribution in [3.8, 4) is 0 Å². The van der Waals surface area contributed by atoms with Crippen LogP contribution in [-0.4, -0.2) is 84.8 Å². The SMILES string of the molecule is O=C(Cc1ccc(N2CCCC2=O)cc1)N1CCN(CC(=O)N2CCCC2)CC1. The first kappa shape index (κ1) is 19.9. The Bertz CT molecular complexity index is 750. The lowest BCUT2D eigenvalue weighted by atomic mass is 10.1. The highest BCUT2D eigenvalue weighted by Crippen LogP contribution is 2.22. The van der Waals surface area contributed by atoms with Crippen LogP contribution in [-0.2, 0) is 20.8 Å². The largest absolute Gasteiger partial charge is 0.342 e. The van der Waals surface area contributed by atoms with Crippen molar-refractivity contribution in [2.24, 2.45) is 0 Å². The first-order chi connectivity index (χ1) is 14.1. The maximum Gasteiger partial charge on any atom is 0.236 e. The summed E-state index contributed by atoms with van der Waals surface area (Å²) in [5.41, 5.74) is 1.89. The molecule has 0 N–H and O–H groups in total. The van der Waals surface area contributed by atoms with E-state index in [0.717, 1.165) is 63.2 Å². The summed E-state index contributed by atoms with van der Waals surface area (Å²) in [6.45, 7) is 5.88. The fourth-order valence-electron chi connectivity index (χ4n) is 4.41. The molecule has 3 amide bonds. The van der Waals surface area contributed by atoms with E-state index in [-0.39, 0.29) is 17.7 Å². The predicted octanol–water partition coefficient (Wildman–Crippen LogP) is 1.12. The van der Waals surface area contributed by atoms with E-state index in [1.54, 1.807) is 0 Å². The van der Waals surface area contributed by atoms with Gasteiger partial charge in [0.25, 0.3) is 0 Å². The molecule has 3 fully saturated rings. The van der Waals surface area contributed by atoms with Crippen LogP contribution >= 0.6 is 0 Å². The molecule has 0 unspecified atom stereocenters. The van der Waals surface area contributed by atoms with Gasteiger partial charge >= 0.3 is 0 Å². The Kier molecular flexibility index (Phi) is 6.13. The van der Waals surface area contributed by atoms with Crippen molar-refractivity contribution in [2.45, 2.75) is 32.1 Å². The standard InChI is InChI=1S/C22H30N4O3/c27-20-4-3-11-26(20)19-7-5-18(6-8-19)16-21(28)25-14-12-23(13-15-25)17-22(29)24-9-1-2-10-24/h5-8H,1-4,9-17H2. The molecule has 3 aliphatic rings. The van der Waals surface area contributed by atoms with Crippen LogP contribution < -0.4 is 4.90 Å². The second-order valence-electron chi connectivity index (χ2n) is 8.24. The van der Waals surface area contributed by atoms with Gasteiger partial charge in [0, 0.05) is 57.9 Å². The molecule has 0 saturated carbocycles. The summed E-state index contributed by atoms with van der Waals surface area (Å²) in [6, 6.07) is 7.77. The third-order valence-corrected chi connectivity index (χ3v) is 6.22. The molecule has 4 rings (SSSR count). The Morgan fingerprint density at radius 3 is 2.03 bits per heavy atom. The fourth-order valence-corrected chi connectivity index (χ4v) is 4.41. The zero-order chi connectivity index (χ0) is 20.2. The Labute approximate surface area is 172 Å². The van der Waals surface area contributed by atoms with Gasteiger partial charge in [0.05, 0.1) is 13.0 Å². The molecule has 1 aromatic carbocycles. The third-order valence-electron chi connectivity index (χ3n) is 6.22. The molecule has 0 atom stereocenters. The average molecular weight is 399 g/mol. The van der Waals surface area contributed by atoms with Gasteiger partial charge in [0.1, 0.15) is 0 Å². The highest BCUT2D eigenvalue weighted by Gasteiger charge is 2.25. The molecule has 0 aliphatic carbocycles. The molecule has 7 nitrogen and oxygen atoms in total. The van der Waals surface area contributed by atoms with Crippen LogP contribution in [0.15, 0.2) is 24.3 Å². The highest BCUT2D eigenvalue weighted by atomic mass is 16.2. The number of nitrogens with zero attached hydrogens (tertiary/aromatic N) is 4. The van der Waals surface area contributed by atoms with Crippen molar-refractivity contribution in [1.82, 2.24) is 14.7 Å². The third kappa shape index (κ3) is 4.78. The van der Waals surface area contributed by atoms with Gasteiger partial charge in [-0.15, -0.1) is 0 Å². The van der Waals surface area contributed by atoms with Crippen molar-refractivity contribution in [2.75, 3.05) is 57.3 Å². The molecular formula is C22H30N4O3. The minimum Gasteiger partial charge on any atom is -0.342 e. The molecule has 3 heterocycles. The van der Waals surface area contributed by atoms with Crippen molar-refractivity contribution in [3.05, 3.63) is 29.8 Å². The van der Waals surface area contributed by atoms with Gasteiger partial charge in [0.15, 0.2) is 0 Å². The van der Waals surface area contributed by atoms with Gasteiger partial charge < -0.3 is 14.7 Å². The van der Waals surface area contributed by atoms with Crippen LogP contribution in [0.3, 0.4) is 0 Å². The maximum absolute atomic E-state index is 12.7. The molecule has 0 aromatic heterocycles. The van der Waals surface area contributed by atoms with Gasteiger partial charge in [-0.2, -0.15) is 0 Å². The van der Waals surface area contributed by atoms with E-state index >= 15 is 0 Å². The van der Waals surface area contributed by atoms with Crippen LogP contribution in [0.1, 0.15) is 31.2 Å². The van der Waals surface area contributed by atoms with E-state index in [2.05, 4.69) is 4.90 Å². The molecule has 3 saturated heterocycles. The number of piperazine rings is 1. The smallest absolute Gasteiger partial charge is 0.236 e. The Morgan fingerprint density at radius 1 is 0.759 bits per heavy atom. The number of benzene rings is 1. The molecular weight excluding hydrogens is 368 g/mol. The van der Waals surface area contributed by atoms with Crippen LogP contribution in [0, 0.1) is 0 Å². The lowest BCUT2D eigenvalue weighted by Crippen LogP contribution is -2.51. The van der Waals surface area contributed by atoms with Crippen LogP contribution in [0.4, 0.5) is 5.69 Å². The average Bonchev–Trinajstić information content (AvgIpc) is 3.41. The molecule has 0 radical (unpaired) electrons. The minimum absolute atomic E-state index is 0.125. The zero-order valence-electron chi connectivity index (χ0n) is 17.0. The van der Waals surface area contributed by atoms with Crippen molar-refractivity contribution < 1.29 is 14.4 Å². The van der Waals surface area contributed by atoms with Crippen LogP contribution in [0.5, 0.6) is 0 Å². The number of hydrogen-bond acceptors (Lipinski definition) is 4. The summed E-state index contributed by atoms with van der Waals surface area (Å²) in [6.07, 6.45) is 4.14. The lowest BCUT2D eigenvalue weighted by molar-refractivity contribution is -0.134. The lowest BCUT2D eigenvalue weighted by Gasteiger charge is -2.35. The van der Waals surface area contributed by atoms with Gasteiger partial charge in [-0.25, -0.2) is 0 Å². The number of anilines is 1. The van der Waals surface area contributed by atoms with Crippen LogP contribution in [0.2, 0.25) is 0 Å².